The molecule has 0 aliphatic carbocycles. The Bertz CT molecular complexity index is 509. The summed E-state index contributed by atoms with van der Waals surface area (Å²) < 4.78 is 5.78. The number of ether oxygens (including phenoxy) is 1. The number of nitrogens with zero attached hydrogens (tertiary/aromatic N) is 2. The van der Waals surface area contributed by atoms with Gasteiger partial charge in [0.2, 0.25) is 5.88 Å². The highest BCUT2D eigenvalue weighted by atomic mass is 127. The maximum Gasteiger partial charge on any atom is 0.218 e. The molecule has 0 fully saturated rings. The van der Waals surface area contributed by atoms with Crippen molar-refractivity contribution in [2.75, 3.05) is 26.3 Å². The minimum atomic E-state index is 0. The summed E-state index contributed by atoms with van der Waals surface area (Å²) in [6.07, 6.45) is 6.91. The number of aliphatic hydroxyl groups is 1. The van der Waals surface area contributed by atoms with Crippen molar-refractivity contribution >= 4 is 29.9 Å². The molecule has 1 rings (SSSR count). The molecule has 3 N–H and O–H groups in total. The lowest BCUT2D eigenvalue weighted by Gasteiger charge is -2.18. The van der Waals surface area contributed by atoms with Crippen LogP contribution in [0.2, 0.25) is 0 Å². The van der Waals surface area contributed by atoms with Crippen molar-refractivity contribution in [3.8, 4) is 5.88 Å². The first-order valence-electron chi connectivity index (χ1n) is 9.94. The van der Waals surface area contributed by atoms with Crippen LogP contribution in [0.1, 0.15) is 58.4 Å². The van der Waals surface area contributed by atoms with E-state index in [-0.39, 0.29) is 30.6 Å². The Kier molecular flexibility index (Phi) is 16.4. The number of aliphatic imine (C=N–C) groups is 1. The standard InChI is InChI=1S/C20H36N4O2.HI/c1-4-7-14-26-19-18(10-8-12-22-19)16-24-20(21-6-3)23-15-17(9-5-2)11-13-25;/h8,10,12,17,25H,4-7,9,11,13-16H2,1-3H3,(H2,21,23,24);1H. The SMILES string of the molecule is CCCCOc1ncccc1CN=C(NCC)NCC(CCC)CCO.I. The van der Waals surface area contributed by atoms with Crippen LogP contribution in [-0.4, -0.2) is 42.4 Å². The molecule has 0 aliphatic rings. The number of pyridine rings is 1. The highest BCUT2D eigenvalue weighted by Gasteiger charge is 2.09. The molecule has 6 nitrogen and oxygen atoms in total. The molecule has 1 aromatic heterocycles. The molecule has 0 spiro atoms. The molecule has 0 aliphatic heterocycles. The van der Waals surface area contributed by atoms with E-state index in [9.17, 15) is 5.11 Å². The predicted octanol–water partition coefficient (Wildman–Crippen LogP) is 3.73. The van der Waals surface area contributed by atoms with Crippen LogP contribution in [0.25, 0.3) is 0 Å². The van der Waals surface area contributed by atoms with Crippen molar-refractivity contribution in [1.29, 1.82) is 0 Å². The van der Waals surface area contributed by atoms with Gasteiger partial charge in [0.05, 0.1) is 13.2 Å². The maximum atomic E-state index is 9.21. The van der Waals surface area contributed by atoms with Crippen LogP contribution in [-0.2, 0) is 6.54 Å². The second-order valence-electron chi connectivity index (χ2n) is 6.41. The Morgan fingerprint density at radius 1 is 1.22 bits per heavy atom. The van der Waals surface area contributed by atoms with Gasteiger partial charge in [-0.15, -0.1) is 24.0 Å². The molecule has 0 amide bonds. The summed E-state index contributed by atoms with van der Waals surface area (Å²) in [7, 11) is 0. The molecule has 0 bridgehead atoms. The number of aliphatic hydroxyl groups excluding tert-OH is 1. The number of aromatic nitrogens is 1. The highest BCUT2D eigenvalue weighted by Crippen LogP contribution is 2.16. The largest absolute Gasteiger partial charge is 0.477 e. The van der Waals surface area contributed by atoms with E-state index in [1.807, 2.05) is 12.1 Å². The normalized spacial score (nSPS) is 12.2. The molecule has 0 radical (unpaired) electrons. The van der Waals surface area contributed by atoms with Crippen LogP contribution in [0.3, 0.4) is 0 Å². The Balaban J connectivity index is 0.00000676. The zero-order chi connectivity index (χ0) is 19.0. The average Bonchev–Trinajstić information content (AvgIpc) is 2.65. The van der Waals surface area contributed by atoms with Crippen LogP contribution in [0.4, 0.5) is 0 Å². The summed E-state index contributed by atoms with van der Waals surface area (Å²) in [6, 6.07) is 3.92. The number of hydrogen-bond donors (Lipinski definition) is 3. The van der Waals surface area contributed by atoms with E-state index in [2.05, 4.69) is 41.4 Å². The molecule has 156 valence electrons. The molecular formula is C20H37IN4O2. The van der Waals surface area contributed by atoms with Crippen molar-refractivity contribution in [3.05, 3.63) is 23.9 Å². The molecule has 0 aromatic carbocycles. The van der Waals surface area contributed by atoms with E-state index in [4.69, 9.17) is 4.74 Å². The van der Waals surface area contributed by atoms with Crippen molar-refractivity contribution in [1.82, 2.24) is 15.6 Å². The first kappa shape index (κ1) is 25.9. The van der Waals surface area contributed by atoms with Gasteiger partial charge in [-0.1, -0.05) is 32.8 Å². The van der Waals surface area contributed by atoms with Crippen molar-refractivity contribution in [2.24, 2.45) is 10.9 Å². The highest BCUT2D eigenvalue weighted by molar-refractivity contribution is 14.0. The fourth-order valence-electron chi connectivity index (χ4n) is 2.67. The third-order valence-electron chi connectivity index (χ3n) is 4.13. The molecular weight excluding hydrogens is 455 g/mol. The lowest BCUT2D eigenvalue weighted by Crippen LogP contribution is -2.40. The van der Waals surface area contributed by atoms with Gasteiger partial charge in [-0.25, -0.2) is 9.98 Å². The summed E-state index contributed by atoms with van der Waals surface area (Å²) >= 11 is 0. The lowest BCUT2D eigenvalue weighted by molar-refractivity contribution is 0.251. The monoisotopic (exact) mass is 492 g/mol. The fraction of sp³-hybridized carbons (Fsp3) is 0.700. The number of guanidine groups is 1. The van der Waals surface area contributed by atoms with E-state index >= 15 is 0 Å². The van der Waals surface area contributed by atoms with Gasteiger partial charge in [0, 0.05) is 31.5 Å². The Labute approximate surface area is 181 Å². The van der Waals surface area contributed by atoms with Crippen LogP contribution in [0.5, 0.6) is 5.88 Å². The topological polar surface area (TPSA) is 78.8 Å². The zero-order valence-corrected chi connectivity index (χ0v) is 19.4. The fourth-order valence-corrected chi connectivity index (χ4v) is 2.67. The predicted molar refractivity (Wildman–Crippen MR) is 123 cm³/mol. The summed E-state index contributed by atoms with van der Waals surface area (Å²) in [6.45, 7) is 9.41. The molecule has 1 aromatic rings. The van der Waals surface area contributed by atoms with Gasteiger partial charge in [0.25, 0.3) is 0 Å². The second-order valence-corrected chi connectivity index (χ2v) is 6.41. The minimum absolute atomic E-state index is 0. The minimum Gasteiger partial charge on any atom is -0.477 e. The van der Waals surface area contributed by atoms with Gasteiger partial charge < -0.3 is 20.5 Å². The Morgan fingerprint density at radius 2 is 2.04 bits per heavy atom. The number of rotatable bonds is 13. The van der Waals surface area contributed by atoms with E-state index in [1.165, 1.54) is 0 Å². The molecule has 1 unspecified atom stereocenters. The van der Waals surface area contributed by atoms with Gasteiger partial charge in [0.15, 0.2) is 5.96 Å². The van der Waals surface area contributed by atoms with Gasteiger partial charge in [-0.3, -0.25) is 0 Å². The molecule has 1 heterocycles. The van der Waals surface area contributed by atoms with Crippen molar-refractivity contribution in [3.63, 3.8) is 0 Å². The van der Waals surface area contributed by atoms with E-state index in [1.54, 1.807) is 6.20 Å². The molecule has 0 saturated heterocycles. The average molecular weight is 492 g/mol. The number of unbranched alkanes of at least 4 members (excludes halogenated alkanes) is 1. The Hall–Kier alpha value is -1.09. The molecule has 0 saturated carbocycles. The summed E-state index contributed by atoms with van der Waals surface area (Å²) in [5.41, 5.74) is 0.987. The smallest absolute Gasteiger partial charge is 0.218 e. The van der Waals surface area contributed by atoms with E-state index in [0.717, 1.165) is 56.7 Å². The number of halogens is 1. The molecule has 27 heavy (non-hydrogen) atoms. The molecule has 1 atom stereocenters. The maximum absolute atomic E-state index is 9.21. The van der Waals surface area contributed by atoms with Gasteiger partial charge in [-0.2, -0.15) is 0 Å². The van der Waals surface area contributed by atoms with Crippen LogP contribution >= 0.6 is 24.0 Å². The summed E-state index contributed by atoms with van der Waals surface area (Å²) in [5.74, 6) is 1.92. The molecule has 7 heteroatoms. The first-order chi connectivity index (χ1) is 12.7. The summed E-state index contributed by atoms with van der Waals surface area (Å²) in [4.78, 5) is 9.01. The van der Waals surface area contributed by atoms with Gasteiger partial charge >= 0.3 is 0 Å². The van der Waals surface area contributed by atoms with Crippen molar-refractivity contribution < 1.29 is 9.84 Å². The quantitative estimate of drug-likeness (QED) is 0.169. The van der Waals surface area contributed by atoms with Crippen LogP contribution in [0, 0.1) is 5.92 Å². The van der Waals surface area contributed by atoms with Crippen LogP contribution < -0.4 is 15.4 Å². The van der Waals surface area contributed by atoms with Gasteiger partial charge in [0.1, 0.15) is 0 Å². The third kappa shape index (κ3) is 11.4. The second kappa shape index (κ2) is 17.0. The van der Waals surface area contributed by atoms with Crippen molar-refractivity contribution in [2.45, 2.75) is 59.4 Å². The van der Waals surface area contributed by atoms with E-state index in [0.29, 0.717) is 24.9 Å². The Morgan fingerprint density at radius 3 is 2.70 bits per heavy atom. The van der Waals surface area contributed by atoms with E-state index < -0.39 is 0 Å². The van der Waals surface area contributed by atoms with Gasteiger partial charge in [-0.05, 0) is 38.2 Å². The zero-order valence-electron chi connectivity index (χ0n) is 17.0. The number of nitrogens with one attached hydrogen (secondary N) is 2. The first-order valence-corrected chi connectivity index (χ1v) is 9.94. The number of hydrogen-bond acceptors (Lipinski definition) is 4. The summed E-state index contributed by atoms with van der Waals surface area (Å²) in [5, 5.41) is 15.9. The van der Waals surface area contributed by atoms with Crippen LogP contribution in [0.15, 0.2) is 23.3 Å². The lowest BCUT2D eigenvalue weighted by atomic mass is 10.0. The third-order valence-corrected chi connectivity index (χ3v) is 4.13.